The van der Waals surface area contributed by atoms with E-state index in [-0.39, 0.29) is 5.57 Å². The highest BCUT2D eigenvalue weighted by Gasteiger charge is 2.34. The van der Waals surface area contributed by atoms with Crippen LogP contribution >= 0.6 is 0 Å². The molecule has 0 bridgehead atoms. The summed E-state index contributed by atoms with van der Waals surface area (Å²) in [4.78, 5) is 25.6. The molecule has 1 aliphatic heterocycles. The van der Waals surface area contributed by atoms with E-state index in [2.05, 4.69) is 12.0 Å². The zero-order chi connectivity index (χ0) is 23.9. The van der Waals surface area contributed by atoms with Crippen LogP contribution in [0, 0.1) is 0 Å². The van der Waals surface area contributed by atoms with Crippen molar-refractivity contribution in [3.8, 4) is 11.5 Å². The lowest BCUT2D eigenvalue weighted by atomic mass is 10.0. The lowest BCUT2D eigenvalue weighted by Crippen LogP contribution is -2.35. The highest BCUT2D eigenvalue weighted by Crippen LogP contribution is 2.35. The molecule has 172 valence electrons. The highest BCUT2D eigenvalue weighted by atomic mass is 16.5. The van der Waals surface area contributed by atoms with Gasteiger partial charge >= 0.3 is 0 Å². The number of hydrogen-bond donors (Lipinski definition) is 1. The summed E-state index contributed by atoms with van der Waals surface area (Å²) in [7, 11) is 0. The largest absolute Gasteiger partial charge is 0.490 e. The summed E-state index contributed by atoms with van der Waals surface area (Å²) in [5.74, 6) is 0.307. The summed E-state index contributed by atoms with van der Waals surface area (Å²) >= 11 is 0. The monoisotopic (exact) mass is 454 g/mol. The first-order valence-electron chi connectivity index (χ1n) is 11.1. The Kier molecular flexibility index (Phi) is 7.08. The number of allylic oxidation sites excluding steroid dienone is 1. The Morgan fingerprint density at radius 2 is 1.68 bits per heavy atom. The summed E-state index contributed by atoms with van der Waals surface area (Å²) in [5, 5.41) is 1.25. The molecule has 0 unspecified atom stereocenters. The second-order valence-corrected chi connectivity index (χ2v) is 7.68. The minimum atomic E-state index is -0.457. The van der Waals surface area contributed by atoms with E-state index in [1.807, 2.05) is 49.4 Å². The molecular weight excluding hydrogens is 428 g/mol. The standard InChI is InChI=1S/C28H26N2O4/c1-3-11-22-16-21(17-24-27(31)29-30(28(24)32)23-14-9-6-10-15-23)18-25(33-4-2)26(22)34-19-20-12-7-5-8-13-20/h3,5-10,12-18H,1,4,11,19H2,2H3,(H,29,31)/b24-17-. The van der Waals surface area contributed by atoms with Crippen molar-refractivity contribution in [3.05, 3.63) is 108 Å². The normalized spacial score (nSPS) is 14.3. The third kappa shape index (κ3) is 5.02. The van der Waals surface area contributed by atoms with Crippen LogP contribution in [0.2, 0.25) is 0 Å². The van der Waals surface area contributed by atoms with Gasteiger partial charge in [0.1, 0.15) is 12.2 Å². The van der Waals surface area contributed by atoms with E-state index in [4.69, 9.17) is 9.47 Å². The Bertz CT molecular complexity index is 1220. The molecule has 1 saturated heterocycles. The summed E-state index contributed by atoms with van der Waals surface area (Å²) in [6, 6.07) is 22.5. The lowest BCUT2D eigenvalue weighted by Gasteiger charge is -2.17. The maximum Gasteiger partial charge on any atom is 0.282 e. The maximum absolute atomic E-state index is 13.0. The Balaban J connectivity index is 1.67. The molecule has 3 aromatic rings. The van der Waals surface area contributed by atoms with E-state index in [9.17, 15) is 9.59 Å². The molecule has 0 aliphatic carbocycles. The maximum atomic E-state index is 13.0. The van der Waals surface area contributed by atoms with Crippen molar-refractivity contribution in [2.75, 3.05) is 11.6 Å². The molecule has 0 atom stereocenters. The van der Waals surface area contributed by atoms with Crippen LogP contribution in [-0.2, 0) is 22.6 Å². The van der Waals surface area contributed by atoms with E-state index in [1.165, 1.54) is 5.01 Å². The van der Waals surface area contributed by atoms with Crippen LogP contribution in [-0.4, -0.2) is 18.4 Å². The van der Waals surface area contributed by atoms with Gasteiger partial charge in [-0.3, -0.25) is 15.0 Å². The first-order chi connectivity index (χ1) is 16.6. The van der Waals surface area contributed by atoms with Crippen molar-refractivity contribution in [3.63, 3.8) is 0 Å². The Morgan fingerprint density at radius 1 is 0.971 bits per heavy atom. The Hall–Kier alpha value is -4.32. The number of para-hydroxylation sites is 1. The van der Waals surface area contributed by atoms with Crippen molar-refractivity contribution in [2.24, 2.45) is 0 Å². The highest BCUT2D eigenvalue weighted by molar-refractivity contribution is 6.31. The predicted molar refractivity (Wildman–Crippen MR) is 132 cm³/mol. The van der Waals surface area contributed by atoms with Crippen LogP contribution < -0.4 is 19.9 Å². The molecule has 1 N–H and O–H groups in total. The van der Waals surface area contributed by atoms with Crippen LogP contribution in [0.1, 0.15) is 23.6 Å². The van der Waals surface area contributed by atoms with Gasteiger partial charge in [0.05, 0.1) is 12.3 Å². The van der Waals surface area contributed by atoms with E-state index in [0.717, 1.165) is 11.1 Å². The topological polar surface area (TPSA) is 67.9 Å². The molecule has 6 nitrogen and oxygen atoms in total. The van der Waals surface area contributed by atoms with Gasteiger partial charge in [0.15, 0.2) is 11.5 Å². The van der Waals surface area contributed by atoms with Gasteiger partial charge in [-0.25, -0.2) is 5.01 Å². The minimum Gasteiger partial charge on any atom is -0.490 e. The third-order valence-corrected chi connectivity index (χ3v) is 5.26. The molecule has 34 heavy (non-hydrogen) atoms. The number of rotatable bonds is 9. The fourth-order valence-electron chi connectivity index (χ4n) is 3.71. The van der Waals surface area contributed by atoms with Crippen molar-refractivity contribution in [1.82, 2.24) is 5.43 Å². The van der Waals surface area contributed by atoms with Gasteiger partial charge < -0.3 is 9.47 Å². The number of carbonyl (C=O) groups excluding carboxylic acids is 2. The number of hydrogen-bond acceptors (Lipinski definition) is 4. The van der Waals surface area contributed by atoms with E-state index < -0.39 is 11.8 Å². The minimum absolute atomic E-state index is 0.0498. The number of hydrazine groups is 1. The SMILES string of the molecule is C=CCc1cc(/C=C2/C(=O)NN(c3ccccc3)C2=O)cc(OCC)c1OCc1ccccc1. The molecule has 1 heterocycles. The molecular formula is C28H26N2O4. The molecule has 2 amide bonds. The van der Waals surface area contributed by atoms with Crippen molar-refractivity contribution in [2.45, 2.75) is 20.0 Å². The molecule has 0 spiro atoms. The van der Waals surface area contributed by atoms with Crippen molar-refractivity contribution in [1.29, 1.82) is 0 Å². The van der Waals surface area contributed by atoms with Crippen LogP contribution in [0.15, 0.2) is 91.0 Å². The molecule has 0 saturated carbocycles. The lowest BCUT2D eigenvalue weighted by molar-refractivity contribution is -0.117. The fraction of sp³-hybridized carbons (Fsp3) is 0.143. The van der Waals surface area contributed by atoms with Gasteiger partial charge in [-0.05, 0) is 54.8 Å². The quantitative estimate of drug-likeness (QED) is 0.285. The second kappa shape index (κ2) is 10.5. The molecule has 6 heteroatoms. The Labute approximate surface area is 199 Å². The zero-order valence-corrected chi connectivity index (χ0v) is 19.0. The predicted octanol–water partition coefficient (Wildman–Crippen LogP) is 4.85. The van der Waals surface area contributed by atoms with Crippen LogP contribution in [0.4, 0.5) is 5.69 Å². The first kappa shape index (κ1) is 22.9. The molecule has 1 aliphatic rings. The summed E-state index contributed by atoms with van der Waals surface area (Å²) in [6.45, 7) is 6.58. The average Bonchev–Trinajstić information content (AvgIpc) is 3.13. The summed E-state index contributed by atoms with van der Waals surface area (Å²) in [5.41, 5.74) is 5.83. The van der Waals surface area contributed by atoms with Crippen LogP contribution in [0.25, 0.3) is 6.08 Å². The summed E-state index contributed by atoms with van der Waals surface area (Å²) < 4.78 is 12.0. The number of amides is 2. The fourth-order valence-corrected chi connectivity index (χ4v) is 3.71. The van der Waals surface area contributed by atoms with Gasteiger partial charge in [-0.15, -0.1) is 6.58 Å². The number of nitrogens with one attached hydrogen (secondary N) is 1. The zero-order valence-electron chi connectivity index (χ0n) is 19.0. The molecule has 4 rings (SSSR count). The number of nitrogens with zero attached hydrogens (tertiary/aromatic N) is 1. The third-order valence-electron chi connectivity index (χ3n) is 5.26. The molecule has 3 aromatic carbocycles. The van der Waals surface area contributed by atoms with Crippen molar-refractivity contribution < 1.29 is 19.1 Å². The van der Waals surface area contributed by atoms with E-state index in [0.29, 0.717) is 42.4 Å². The molecule has 0 aromatic heterocycles. The molecule has 0 radical (unpaired) electrons. The number of anilines is 1. The first-order valence-corrected chi connectivity index (χ1v) is 11.1. The van der Waals surface area contributed by atoms with Gasteiger partial charge in [-0.1, -0.05) is 54.6 Å². The molecule has 1 fully saturated rings. The van der Waals surface area contributed by atoms with Gasteiger partial charge in [0.25, 0.3) is 11.8 Å². The van der Waals surface area contributed by atoms with E-state index >= 15 is 0 Å². The number of carbonyl (C=O) groups is 2. The van der Waals surface area contributed by atoms with Crippen LogP contribution in [0.3, 0.4) is 0 Å². The number of ether oxygens (including phenoxy) is 2. The van der Waals surface area contributed by atoms with Crippen molar-refractivity contribution >= 4 is 23.6 Å². The number of benzene rings is 3. The van der Waals surface area contributed by atoms with Crippen LogP contribution in [0.5, 0.6) is 11.5 Å². The van der Waals surface area contributed by atoms with E-state index in [1.54, 1.807) is 42.5 Å². The summed E-state index contributed by atoms with van der Waals surface area (Å²) in [6.07, 6.45) is 3.90. The average molecular weight is 455 g/mol. The second-order valence-electron chi connectivity index (χ2n) is 7.68. The smallest absolute Gasteiger partial charge is 0.282 e. The van der Waals surface area contributed by atoms with Gasteiger partial charge in [0.2, 0.25) is 0 Å². The van der Waals surface area contributed by atoms with Gasteiger partial charge in [0, 0.05) is 5.56 Å². The Morgan fingerprint density at radius 3 is 2.35 bits per heavy atom. The van der Waals surface area contributed by atoms with Gasteiger partial charge in [-0.2, -0.15) is 0 Å².